The summed E-state index contributed by atoms with van der Waals surface area (Å²) < 4.78 is 39.9. The Morgan fingerprint density at radius 2 is 1.59 bits per heavy atom. The van der Waals surface area contributed by atoms with Crippen LogP contribution in [-0.2, 0) is 4.79 Å². The first-order chi connectivity index (χ1) is 7.64. The highest BCUT2D eigenvalue weighted by Gasteiger charge is 2.42. The van der Waals surface area contributed by atoms with E-state index in [1.807, 2.05) is 0 Å². The van der Waals surface area contributed by atoms with Gasteiger partial charge in [0.15, 0.2) is 5.75 Å². The van der Waals surface area contributed by atoms with Crippen LogP contribution in [0.1, 0.15) is 0 Å². The molecule has 9 heteroatoms. The quantitative estimate of drug-likeness (QED) is 0.321. The summed E-state index contributed by atoms with van der Waals surface area (Å²) in [6, 6.07) is 1.01. The molecule has 0 aromatic heterocycles. The van der Waals surface area contributed by atoms with Crippen LogP contribution in [-0.4, -0.2) is 12.1 Å². The van der Waals surface area contributed by atoms with Gasteiger partial charge in [-0.3, -0.25) is 0 Å². The number of esters is 1. The molecule has 94 valence electrons. The van der Waals surface area contributed by atoms with Crippen molar-refractivity contribution >= 4 is 52.4 Å². The zero-order valence-corrected chi connectivity index (χ0v) is 10.6. The molecule has 1 aromatic rings. The third-order valence-electron chi connectivity index (χ3n) is 1.50. The van der Waals surface area contributed by atoms with E-state index in [0.29, 0.717) is 0 Å². The second-order valence-electron chi connectivity index (χ2n) is 2.68. The molecule has 0 unspecified atom stereocenters. The molecule has 17 heavy (non-hydrogen) atoms. The van der Waals surface area contributed by atoms with Crippen molar-refractivity contribution in [2.45, 2.75) is 6.18 Å². The lowest BCUT2D eigenvalue weighted by Gasteiger charge is -2.11. The van der Waals surface area contributed by atoms with E-state index >= 15 is 0 Å². The van der Waals surface area contributed by atoms with E-state index in [2.05, 4.69) is 4.74 Å². The molecule has 0 fully saturated rings. The van der Waals surface area contributed by atoms with Gasteiger partial charge in [-0.15, -0.1) is 0 Å². The van der Waals surface area contributed by atoms with Crippen LogP contribution < -0.4 is 4.74 Å². The minimum absolute atomic E-state index is 0.0755. The second kappa shape index (κ2) is 5.10. The highest BCUT2D eigenvalue weighted by atomic mass is 35.5. The summed E-state index contributed by atoms with van der Waals surface area (Å²) in [6.45, 7) is 0. The fourth-order valence-electron chi connectivity index (χ4n) is 0.794. The monoisotopic (exact) mass is 326 g/mol. The lowest BCUT2D eigenvalue weighted by molar-refractivity contribution is -0.189. The summed E-state index contributed by atoms with van der Waals surface area (Å²) in [4.78, 5) is 10.6. The van der Waals surface area contributed by atoms with Crippen molar-refractivity contribution in [1.82, 2.24) is 0 Å². The van der Waals surface area contributed by atoms with Gasteiger partial charge in [0.25, 0.3) is 0 Å². The van der Waals surface area contributed by atoms with Crippen LogP contribution in [0.3, 0.4) is 0 Å². The van der Waals surface area contributed by atoms with Gasteiger partial charge in [0.1, 0.15) is 5.02 Å². The highest BCUT2D eigenvalue weighted by Crippen LogP contribution is 2.43. The molecule has 0 saturated heterocycles. The van der Waals surface area contributed by atoms with Crippen LogP contribution in [0.2, 0.25) is 20.1 Å². The Balaban J connectivity index is 3.17. The summed E-state index contributed by atoms with van der Waals surface area (Å²) in [5, 5.41) is -1.17. The van der Waals surface area contributed by atoms with Crippen molar-refractivity contribution in [1.29, 1.82) is 0 Å². The number of halogens is 7. The van der Waals surface area contributed by atoms with E-state index in [-0.39, 0.29) is 15.1 Å². The molecule has 0 N–H and O–H groups in total. The minimum atomic E-state index is -5.17. The third-order valence-corrected chi connectivity index (χ3v) is 3.02. The molecule has 0 heterocycles. The van der Waals surface area contributed by atoms with Gasteiger partial charge in [0.05, 0.1) is 15.1 Å². The average molecular weight is 328 g/mol. The van der Waals surface area contributed by atoms with Gasteiger partial charge in [0, 0.05) is 0 Å². The average Bonchev–Trinajstić information content (AvgIpc) is 2.19. The van der Waals surface area contributed by atoms with Gasteiger partial charge in [-0.2, -0.15) is 13.2 Å². The van der Waals surface area contributed by atoms with E-state index in [1.54, 1.807) is 0 Å². The Labute approximate surface area is 113 Å². The minimum Gasteiger partial charge on any atom is -0.417 e. The van der Waals surface area contributed by atoms with E-state index in [4.69, 9.17) is 46.4 Å². The van der Waals surface area contributed by atoms with Crippen molar-refractivity contribution in [3.63, 3.8) is 0 Å². The Hall–Kier alpha value is -0.360. The molecule has 0 aliphatic carbocycles. The number of alkyl halides is 3. The molecule has 0 radical (unpaired) electrons. The van der Waals surface area contributed by atoms with Gasteiger partial charge in [0.2, 0.25) is 0 Å². The first-order valence-corrected chi connectivity index (χ1v) is 5.27. The molecule has 0 atom stereocenters. The van der Waals surface area contributed by atoms with Crippen LogP contribution in [0.25, 0.3) is 0 Å². The Morgan fingerprint density at radius 1 is 1.06 bits per heavy atom. The Morgan fingerprint density at radius 3 is 2.06 bits per heavy atom. The molecule has 0 amide bonds. The van der Waals surface area contributed by atoms with E-state index in [9.17, 15) is 18.0 Å². The lowest BCUT2D eigenvalue weighted by atomic mass is 10.3. The van der Waals surface area contributed by atoms with Crippen molar-refractivity contribution in [3.8, 4) is 5.75 Å². The Bertz CT molecular complexity index is 473. The van der Waals surface area contributed by atoms with Crippen LogP contribution in [0.5, 0.6) is 5.75 Å². The summed E-state index contributed by atoms with van der Waals surface area (Å²) in [5.74, 6) is -3.15. The van der Waals surface area contributed by atoms with E-state index in [1.165, 1.54) is 0 Å². The topological polar surface area (TPSA) is 26.3 Å². The van der Waals surface area contributed by atoms with Crippen LogP contribution >= 0.6 is 46.4 Å². The number of carbonyl (C=O) groups excluding carboxylic acids is 1. The molecule has 1 rings (SSSR count). The molecule has 0 spiro atoms. The predicted octanol–water partition coefficient (Wildman–Crippen LogP) is 4.77. The molecule has 0 aliphatic rings. The Kier molecular flexibility index (Phi) is 4.41. The molecule has 0 saturated carbocycles. The first kappa shape index (κ1) is 14.7. The van der Waals surface area contributed by atoms with Crippen LogP contribution in [0, 0.1) is 0 Å². The van der Waals surface area contributed by atoms with E-state index in [0.717, 1.165) is 6.07 Å². The maximum atomic E-state index is 12.0. The fourth-order valence-corrected chi connectivity index (χ4v) is 1.77. The number of hydrogen-bond donors (Lipinski definition) is 0. The first-order valence-electron chi connectivity index (χ1n) is 3.76. The van der Waals surface area contributed by atoms with Crippen LogP contribution in [0.15, 0.2) is 6.07 Å². The predicted molar refractivity (Wildman–Crippen MR) is 58.2 cm³/mol. The van der Waals surface area contributed by atoms with Gasteiger partial charge in [-0.25, -0.2) is 4.79 Å². The lowest BCUT2D eigenvalue weighted by Crippen LogP contribution is -2.28. The van der Waals surface area contributed by atoms with Crippen molar-refractivity contribution < 1.29 is 22.7 Å². The van der Waals surface area contributed by atoms with Gasteiger partial charge in [-0.05, 0) is 6.07 Å². The highest BCUT2D eigenvalue weighted by molar-refractivity contribution is 6.50. The largest absolute Gasteiger partial charge is 0.491 e. The normalized spacial score (nSPS) is 11.5. The zero-order chi connectivity index (χ0) is 13.4. The van der Waals surface area contributed by atoms with Crippen molar-refractivity contribution in [2.75, 3.05) is 0 Å². The molecule has 0 bridgehead atoms. The summed E-state index contributed by atoms with van der Waals surface area (Å²) in [6.07, 6.45) is -5.17. The van der Waals surface area contributed by atoms with Gasteiger partial charge >= 0.3 is 12.1 Å². The van der Waals surface area contributed by atoms with Gasteiger partial charge in [-0.1, -0.05) is 46.4 Å². The molecule has 2 nitrogen and oxygen atoms in total. The molecular weight excluding hydrogens is 327 g/mol. The molecule has 1 aromatic carbocycles. The number of rotatable bonds is 1. The second-order valence-corrected chi connectivity index (χ2v) is 4.25. The van der Waals surface area contributed by atoms with Crippen molar-refractivity contribution in [3.05, 3.63) is 26.2 Å². The summed E-state index contributed by atoms with van der Waals surface area (Å²) >= 11 is 22.2. The molecule has 0 aliphatic heterocycles. The number of benzene rings is 1. The SMILES string of the molecule is O=C(Oc1c(Cl)cc(Cl)c(Cl)c1Cl)C(F)(F)F. The maximum absolute atomic E-state index is 12.0. The molecular formula is C8HCl4F3O2. The van der Waals surface area contributed by atoms with E-state index < -0.39 is 22.9 Å². The number of hydrogen-bond acceptors (Lipinski definition) is 2. The fraction of sp³-hybridized carbons (Fsp3) is 0.125. The zero-order valence-electron chi connectivity index (χ0n) is 7.54. The smallest absolute Gasteiger partial charge is 0.417 e. The number of carbonyl (C=O) groups is 1. The third kappa shape index (κ3) is 3.31. The standard InChI is InChI=1S/C8HCl4F3O2/c9-2-1-3(10)6(5(12)4(2)11)17-7(16)8(13,14)15/h1H. The van der Waals surface area contributed by atoms with Crippen LogP contribution in [0.4, 0.5) is 13.2 Å². The van der Waals surface area contributed by atoms with Crippen molar-refractivity contribution in [2.24, 2.45) is 0 Å². The summed E-state index contributed by atoms with van der Waals surface area (Å²) in [5.41, 5.74) is 0. The maximum Gasteiger partial charge on any atom is 0.491 e. The van der Waals surface area contributed by atoms with Gasteiger partial charge < -0.3 is 4.74 Å². The number of ether oxygens (including phenoxy) is 1. The summed E-state index contributed by atoms with van der Waals surface area (Å²) in [7, 11) is 0.